The van der Waals surface area contributed by atoms with Crippen LogP contribution in [0, 0.1) is 0 Å². The van der Waals surface area contributed by atoms with Crippen molar-refractivity contribution >= 4 is 10.8 Å². The Bertz CT molecular complexity index is 629. The fourth-order valence-electron chi connectivity index (χ4n) is 1.95. The molecular weight excluding hydrogens is 214 g/mol. The number of aliphatic hydroxyl groups excluding tert-OH is 1. The fraction of sp³-hybridized carbons (Fsp3) is 0.0769. The van der Waals surface area contributed by atoms with Crippen LogP contribution in [0.4, 0.5) is 0 Å². The Labute approximate surface area is 98.0 Å². The average Bonchev–Trinajstić information content (AvgIpc) is 2.91. The van der Waals surface area contributed by atoms with E-state index in [0.717, 1.165) is 16.3 Å². The van der Waals surface area contributed by atoms with Gasteiger partial charge in [0.25, 0.3) is 0 Å². The Morgan fingerprint density at radius 1 is 1.18 bits per heavy atom. The van der Waals surface area contributed by atoms with E-state index in [1.54, 1.807) is 24.8 Å². The van der Waals surface area contributed by atoms with Crippen LogP contribution >= 0.6 is 0 Å². The van der Waals surface area contributed by atoms with Gasteiger partial charge in [0.05, 0.1) is 0 Å². The van der Waals surface area contributed by atoms with Crippen molar-refractivity contribution in [3.8, 4) is 0 Å². The molecule has 3 rings (SSSR count). The van der Waals surface area contributed by atoms with Gasteiger partial charge in [0.1, 0.15) is 11.9 Å². The molecule has 0 aliphatic rings. The molecule has 0 saturated heterocycles. The SMILES string of the molecule is OC(c1ncc[nH]1)c1cccc2ccncc12. The van der Waals surface area contributed by atoms with Gasteiger partial charge in [-0.1, -0.05) is 18.2 Å². The lowest BCUT2D eigenvalue weighted by Crippen LogP contribution is -2.02. The highest BCUT2D eigenvalue weighted by Crippen LogP contribution is 2.26. The van der Waals surface area contributed by atoms with Crippen molar-refractivity contribution in [2.45, 2.75) is 6.10 Å². The van der Waals surface area contributed by atoms with Crippen LogP contribution in [0.15, 0.2) is 49.1 Å². The maximum Gasteiger partial charge on any atom is 0.139 e. The first-order chi connectivity index (χ1) is 8.36. The summed E-state index contributed by atoms with van der Waals surface area (Å²) in [5.41, 5.74) is 0.811. The molecular formula is C13H11N3O. The summed E-state index contributed by atoms with van der Waals surface area (Å²) in [6.07, 6.45) is 6.07. The quantitative estimate of drug-likeness (QED) is 0.701. The first-order valence-corrected chi connectivity index (χ1v) is 5.36. The van der Waals surface area contributed by atoms with Gasteiger partial charge < -0.3 is 10.1 Å². The van der Waals surface area contributed by atoms with E-state index in [1.807, 2.05) is 24.3 Å². The van der Waals surface area contributed by atoms with Crippen LogP contribution in [0.1, 0.15) is 17.5 Å². The highest BCUT2D eigenvalue weighted by atomic mass is 16.3. The molecule has 0 spiro atoms. The summed E-state index contributed by atoms with van der Waals surface area (Å²) in [7, 11) is 0. The molecule has 0 radical (unpaired) electrons. The van der Waals surface area contributed by atoms with Gasteiger partial charge in [-0.05, 0) is 17.0 Å². The number of benzene rings is 1. The third-order valence-electron chi connectivity index (χ3n) is 2.79. The van der Waals surface area contributed by atoms with Crippen molar-refractivity contribution in [1.29, 1.82) is 0 Å². The molecule has 0 amide bonds. The zero-order valence-electron chi connectivity index (χ0n) is 9.04. The fourth-order valence-corrected chi connectivity index (χ4v) is 1.95. The Morgan fingerprint density at radius 3 is 2.94 bits per heavy atom. The van der Waals surface area contributed by atoms with E-state index >= 15 is 0 Å². The Kier molecular flexibility index (Phi) is 2.34. The van der Waals surface area contributed by atoms with E-state index in [-0.39, 0.29) is 0 Å². The first kappa shape index (κ1) is 9.99. The second kappa shape index (κ2) is 3.99. The van der Waals surface area contributed by atoms with E-state index in [2.05, 4.69) is 15.0 Å². The second-order valence-corrected chi connectivity index (χ2v) is 3.82. The van der Waals surface area contributed by atoms with Crippen LogP contribution in [0.3, 0.4) is 0 Å². The Balaban J connectivity index is 2.17. The van der Waals surface area contributed by atoms with Gasteiger partial charge in [0.2, 0.25) is 0 Å². The summed E-state index contributed by atoms with van der Waals surface area (Å²) >= 11 is 0. The van der Waals surface area contributed by atoms with Crippen LogP contribution in [-0.4, -0.2) is 20.1 Å². The molecule has 84 valence electrons. The van der Waals surface area contributed by atoms with Crippen LogP contribution < -0.4 is 0 Å². The molecule has 2 N–H and O–H groups in total. The summed E-state index contributed by atoms with van der Waals surface area (Å²) < 4.78 is 0. The molecule has 4 heteroatoms. The summed E-state index contributed by atoms with van der Waals surface area (Å²) in [6.45, 7) is 0. The lowest BCUT2D eigenvalue weighted by Gasteiger charge is -2.11. The number of H-pyrrole nitrogens is 1. The van der Waals surface area contributed by atoms with Crippen LogP contribution in [0.25, 0.3) is 10.8 Å². The Morgan fingerprint density at radius 2 is 2.12 bits per heavy atom. The summed E-state index contributed by atoms with van der Waals surface area (Å²) in [6, 6.07) is 7.73. The van der Waals surface area contributed by atoms with Crippen LogP contribution in [0.5, 0.6) is 0 Å². The minimum Gasteiger partial charge on any atom is -0.380 e. The highest BCUT2D eigenvalue weighted by Gasteiger charge is 2.15. The molecule has 1 unspecified atom stereocenters. The molecule has 0 bridgehead atoms. The molecule has 1 atom stereocenters. The monoisotopic (exact) mass is 225 g/mol. The third kappa shape index (κ3) is 1.68. The number of hydrogen-bond acceptors (Lipinski definition) is 3. The largest absolute Gasteiger partial charge is 0.380 e. The van der Waals surface area contributed by atoms with Crippen molar-refractivity contribution in [1.82, 2.24) is 15.0 Å². The van der Waals surface area contributed by atoms with Crippen molar-refractivity contribution in [3.63, 3.8) is 0 Å². The number of fused-ring (bicyclic) bond motifs is 1. The summed E-state index contributed by atoms with van der Waals surface area (Å²) in [5.74, 6) is 0.543. The lowest BCUT2D eigenvalue weighted by molar-refractivity contribution is 0.212. The first-order valence-electron chi connectivity index (χ1n) is 5.36. The van der Waals surface area contributed by atoms with E-state index in [9.17, 15) is 5.11 Å². The Hall–Kier alpha value is -2.20. The molecule has 0 aliphatic heterocycles. The zero-order valence-corrected chi connectivity index (χ0v) is 9.04. The maximum atomic E-state index is 10.3. The molecule has 2 aromatic heterocycles. The minimum absolute atomic E-state index is 0.543. The predicted octanol–water partition coefficient (Wildman–Crippen LogP) is 2.04. The molecule has 17 heavy (non-hydrogen) atoms. The molecule has 0 aliphatic carbocycles. The molecule has 0 fully saturated rings. The number of aromatic amines is 1. The van der Waals surface area contributed by atoms with Crippen molar-refractivity contribution in [2.75, 3.05) is 0 Å². The number of imidazole rings is 1. The molecule has 1 aromatic carbocycles. The molecule has 0 saturated carbocycles. The average molecular weight is 225 g/mol. The van der Waals surface area contributed by atoms with Crippen molar-refractivity contribution < 1.29 is 5.11 Å². The second-order valence-electron chi connectivity index (χ2n) is 3.82. The summed E-state index contributed by atoms with van der Waals surface area (Å²) in [4.78, 5) is 11.1. The molecule has 4 nitrogen and oxygen atoms in total. The van der Waals surface area contributed by atoms with Gasteiger partial charge in [-0.15, -0.1) is 0 Å². The van der Waals surface area contributed by atoms with Crippen LogP contribution in [-0.2, 0) is 0 Å². The normalized spacial score (nSPS) is 12.8. The standard InChI is InChI=1S/C13H11N3O/c17-12(13-15-6-7-16-13)10-3-1-2-9-4-5-14-8-11(9)10/h1-8,12,17H,(H,15,16). The van der Waals surface area contributed by atoms with Gasteiger partial charge in [-0.3, -0.25) is 4.98 Å². The van der Waals surface area contributed by atoms with Gasteiger partial charge >= 0.3 is 0 Å². The number of rotatable bonds is 2. The maximum absolute atomic E-state index is 10.3. The number of aliphatic hydroxyl groups is 1. The lowest BCUT2D eigenvalue weighted by atomic mass is 10.0. The van der Waals surface area contributed by atoms with E-state index in [4.69, 9.17) is 0 Å². The van der Waals surface area contributed by atoms with Crippen molar-refractivity contribution in [3.05, 3.63) is 60.4 Å². The van der Waals surface area contributed by atoms with Gasteiger partial charge in [-0.2, -0.15) is 0 Å². The topological polar surface area (TPSA) is 61.8 Å². The highest BCUT2D eigenvalue weighted by molar-refractivity contribution is 5.85. The number of hydrogen-bond donors (Lipinski definition) is 2. The number of nitrogens with zero attached hydrogens (tertiary/aromatic N) is 2. The number of pyridine rings is 1. The van der Waals surface area contributed by atoms with E-state index in [1.165, 1.54) is 0 Å². The molecule has 3 aromatic rings. The number of nitrogens with one attached hydrogen (secondary N) is 1. The zero-order chi connectivity index (χ0) is 11.7. The molecule has 2 heterocycles. The third-order valence-corrected chi connectivity index (χ3v) is 2.79. The number of aromatic nitrogens is 3. The van der Waals surface area contributed by atoms with Gasteiger partial charge in [0, 0.05) is 30.2 Å². The van der Waals surface area contributed by atoms with Gasteiger partial charge in [-0.25, -0.2) is 4.98 Å². The predicted molar refractivity (Wildman–Crippen MR) is 64.4 cm³/mol. The van der Waals surface area contributed by atoms with Crippen molar-refractivity contribution in [2.24, 2.45) is 0 Å². The van der Waals surface area contributed by atoms with Crippen LogP contribution in [0.2, 0.25) is 0 Å². The van der Waals surface area contributed by atoms with E-state index < -0.39 is 6.10 Å². The van der Waals surface area contributed by atoms with Gasteiger partial charge in [0.15, 0.2) is 0 Å². The smallest absolute Gasteiger partial charge is 0.139 e. The minimum atomic E-state index is -0.752. The van der Waals surface area contributed by atoms with E-state index in [0.29, 0.717) is 5.82 Å². The summed E-state index contributed by atoms with van der Waals surface area (Å²) in [5, 5.41) is 12.3.